The first-order chi connectivity index (χ1) is 20.2. The van der Waals surface area contributed by atoms with E-state index in [1.165, 1.54) is 23.8 Å². The maximum absolute atomic E-state index is 15.1. The van der Waals surface area contributed by atoms with Crippen LogP contribution in [0.4, 0.5) is 9.18 Å². The Bertz CT molecular complexity index is 1730. The zero-order valence-corrected chi connectivity index (χ0v) is 23.5. The summed E-state index contributed by atoms with van der Waals surface area (Å²) in [7, 11) is 0. The van der Waals surface area contributed by atoms with Crippen LogP contribution in [0.15, 0.2) is 61.1 Å². The average molecular weight is 581 g/mol. The Kier molecular flexibility index (Phi) is 8.23. The minimum absolute atomic E-state index is 0.0242. The smallest absolute Gasteiger partial charge is 0.408 e. The van der Waals surface area contributed by atoms with Crippen LogP contribution in [0.2, 0.25) is 0 Å². The summed E-state index contributed by atoms with van der Waals surface area (Å²) in [6, 6.07) is 13.3. The van der Waals surface area contributed by atoms with Gasteiger partial charge in [0.05, 0.1) is 6.20 Å². The zero-order valence-electron chi connectivity index (χ0n) is 23.5. The Balaban J connectivity index is 1.18. The van der Waals surface area contributed by atoms with Gasteiger partial charge in [0.2, 0.25) is 5.88 Å². The normalized spacial score (nSPS) is 12.6. The summed E-state index contributed by atoms with van der Waals surface area (Å²) in [6.07, 6.45) is 1.56. The average Bonchev–Trinajstić information content (AvgIpc) is 3.52. The van der Waals surface area contributed by atoms with Crippen molar-refractivity contribution < 1.29 is 32.9 Å². The van der Waals surface area contributed by atoms with E-state index < -0.39 is 30.0 Å². The summed E-state index contributed by atoms with van der Waals surface area (Å²) in [4.78, 5) is 31.9. The van der Waals surface area contributed by atoms with Gasteiger partial charge in [0.15, 0.2) is 11.6 Å². The Labute approximate surface area is 240 Å². The van der Waals surface area contributed by atoms with Crippen molar-refractivity contribution in [1.29, 1.82) is 0 Å². The monoisotopic (exact) mass is 580 g/mol. The quantitative estimate of drug-likeness (QED) is 0.166. The van der Waals surface area contributed by atoms with E-state index in [0.717, 1.165) is 11.3 Å². The number of carbonyl (C=O) groups excluding carboxylic acids is 2. The zero-order chi connectivity index (χ0) is 29.8. The van der Waals surface area contributed by atoms with Gasteiger partial charge < -0.3 is 29.2 Å². The van der Waals surface area contributed by atoms with Gasteiger partial charge >= 0.3 is 12.1 Å². The maximum Gasteiger partial charge on any atom is 0.408 e. The highest BCUT2D eigenvalue weighted by atomic mass is 19.1. The lowest BCUT2D eigenvalue weighted by Gasteiger charge is -2.18. The summed E-state index contributed by atoms with van der Waals surface area (Å²) >= 11 is 0. The van der Waals surface area contributed by atoms with Gasteiger partial charge in [0.25, 0.3) is 0 Å². The number of benzene rings is 2. The van der Waals surface area contributed by atoms with Crippen LogP contribution in [-0.2, 0) is 20.9 Å². The van der Waals surface area contributed by atoms with Crippen LogP contribution < -0.4 is 14.8 Å². The van der Waals surface area contributed by atoms with E-state index in [-0.39, 0.29) is 24.8 Å². The second-order valence-corrected chi connectivity index (χ2v) is 9.86. The number of nitrogens with one attached hydrogen (secondary N) is 2. The molecular formula is C30H30FN5O6. The number of fused-ring (bicyclic) bond motifs is 2. The summed E-state index contributed by atoms with van der Waals surface area (Å²) in [5, 5.41) is 7.09. The molecule has 42 heavy (non-hydrogen) atoms. The molecule has 0 bridgehead atoms. The molecule has 0 aliphatic rings. The Morgan fingerprint density at radius 1 is 1.10 bits per heavy atom. The van der Waals surface area contributed by atoms with Crippen LogP contribution in [0.3, 0.4) is 0 Å². The van der Waals surface area contributed by atoms with E-state index in [1.54, 1.807) is 32.2 Å². The van der Waals surface area contributed by atoms with Crippen LogP contribution >= 0.6 is 0 Å². The molecule has 0 aliphatic carbocycles. The standard InChI is InChI=1S/C30H30FN5O6/c1-17-12-22-23(34-17)10-11-24(26(22)31)42-28-27-19(3)25(13-36(27)33-16-32-28)39-14-18(2)41-29(37)20(4)35-30(38)40-15-21-8-6-5-7-9-21/h5-13,16,18,20,34H,14-15H2,1-4H3,(H,35,38)/t18-,20+/m1/s1/i3+1,19+1,25+1,32+1,36+1. The molecule has 5 aromatic rings. The number of halogens is 1. The van der Waals surface area contributed by atoms with Gasteiger partial charge in [0.1, 0.15) is 43.0 Å². The minimum Gasteiger partial charge on any atom is -0.488 e. The molecule has 1 amide bonds. The number of ether oxygens (including phenoxy) is 4. The lowest BCUT2D eigenvalue weighted by Crippen LogP contribution is -2.41. The molecule has 218 valence electrons. The van der Waals surface area contributed by atoms with Gasteiger partial charge in [-0.1, -0.05) is 30.3 Å². The first-order valence-electron chi connectivity index (χ1n) is 13.3. The number of H-pyrrole nitrogens is 1. The van der Waals surface area contributed by atoms with Gasteiger partial charge in [-0.05, 0) is 51.5 Å². The molecule has 0 saturated heterocycles. The predicted octanol–water partition coefficient (Wildman–Crippen LogP) is 5.38. The van der Waals surface area contributed by atoms with E-state index in [2.05, 4.69) is 20.4 Å². The van der Waals surface area contributed by atoms with Crippen LogP contribution in [0.5, 0.6) is 17.4 Å². The molecule has 0 saturated carbocycles. The number of carbonyl (C=O) groups is 2. The molecule has 3 aromatic heterocycles. The molecule has 0 unspecified atom stereocenters. The fourth-order valence-electron chi connectivity index (χ4n) is 4.34. The molecular weight excluding hydrogens is 550 g/mol. The second-order valence-electron chi connectivity index (χ2n) is 9.86. The lowest BCUT2D eigenvalue weighted by molar-refractivity contribution is -0.151. The van der Waals surface area contributed by atoms with E-state index in [1.807, 2.05) is 37.3 Å². The number of alkyl carbamates (subject to hydrolysis) is 1. The molecule has 12 heteroatoms. The van der Waals surface area contributed by atoms with Crippen LogP contribution in [0.25, 0.3) is 16.4 Å². The first kappa shape index (κ1) is 28.4. The number of hydrogen-bond donors (Lipinski definition) is 2. The summed E-state index contributed by atoms with van der Waals surface area (Å²) in [6.45, 7) is 6.92. The number of aromatic nitrogens is 4. The molecule has 0 spiro atoms. The second kappa shape index (κ2) is 12.2. The van der Waals surface area contributed by atoms with E-state index >= 15 is 4.39 Å². The molecule has 5 rings (SSSR count). The third-order valence-corrected chi connectivity index (χ3v) is 6.48. The summed E-state index contributed by atoms with van der Waals surface area (Å²) in [5.41, 5.74) is 3.48. The van der Waals surface area contributed by atoms with Crippen molar-refractivity contribution in [2.45, 2.75) is 46.4 Å². The largest absolute Gasteiger partial charge is 0.488 e. The van der Waals surface area contributed by atoms with Crippen LogP contribution in [-0.4, -0.2) is 50.4 Å². The van der Waals surface area contributed by atoms with Crippen molar-refractivity contribution in [1.82, 2.24) is 24.9 Å². The molecule has 2 atom stereocenters. The summed E-state index contributed by atoms with van der Waals surface area (Å²) < 4.78 is 39.0. The van der Waals surface area contributed by atoms with E-state index in [9.17, 15) is 9.59 Å². The highest BCUT2D eigenvalue weighted by Crippen LogP contribution is 2.34. The topological polar surface area (TPSA) is 129 Å². The summed E-state index contributed by atoms with van der Waals surface area (Å²) in [5.74, 6) is -0.507. The fourth-order valence-corrected chi connectivity index (χ4v) is 4.34. The molecule has 11 nitrogen and oxygen atoms in total. The van der Waals surface area contributed by atoms with Crippen molar-refractivity contribution in [3.05, 3.63) is 83.7 Å². The predicted molar refractivity (Wildman–Crippen MR) is 151 cm³/mol. The van der Waals surface area contributed by atoms with E-state index in [0.29, 0.717) is 27.7 Å². The molecule has 3 heterocycles. The highest BCUT2D eigenvalue weighted by molar-refractivity contribution is 5.83. The first-order valence-corrected chi connectivity index (χ1v) is 13.3. The Hall–Kier alpha value is -5.13. The third-order valence-electron chi connectivity index (χ3n) is 6.48. The molecule has 0 fully saturated rings. The number of rotatable bonds is 10. The van der Waals surface area contributed by atoms with Crippen molar-refractivity contribution in [2.75, 3.05) is 6.61 Å². The van der Waals surface area contributed by atoms with Crippen molar-refractivity contribution >= 4 is 28.5 Å². The minimum atomic E-state index is -0.931. The van der Waals surface area contributed by atoms with Crippen molar-refractivity contribution in [2.24, 2.45) is 0 Å². The van der Waals surface area contributed by atoms with Crippen molar-refractivity contribution in [3.8, 4) is 17.4 Å². The SMILES string of the molecule is Cc1cc2c(F)c(Oc3[15n]cn[15n]4c[13c](OC[C@@H](C)OC(=O)[C@H](C)NC(=O)OCc5ccccc5)[13c]([13CH3])c34)ccc2[nH]1. The van der Waals surface area contributed by atoms with Gasteiger partial charge in [-0.25, -0.2) is 18.5 Å². The Morgan fingerprint density at radius 3 is 2.67 bits per heavy atom. The van der Waals surface area contributed by atoms with Crippen LogP contribution in [0, 0.1) is 19.7 Å². The van der Waals surface area contributed by atoms with Crippen LogP contribution in [0.1, 0.15) is 30.7 Å². The number of hydrogen-bond acceptors (Lipinski definition) is 8. The lowest BCUT2D eigenvalue weighted by atomic mass is 10.2. The number of amides is 1. The number of aromatic amines is 1. The molecule has 0 radical (unpaired) electrons. The Morgan fingerprint density at radius 2 is 1.88 bits per heavy atom. The van der Waals surface area contributed by atoms with Gasteiger partial charge in [-0.15, -0.1) is 0 Å². The van der Waals surface area contributed by atoms with E-state index in [4.69, 9.17) is 18.9 Å². The molecule has 2 aromatic carbocycles. The molecule has 2 N–H and O–H groups in total. The van der Waals surface area contributed by atoms with Gasteiger partial charge in [0, 0.05) is 22.2 Å². The van der Waals surface area contributed by atoms with Gasteiger partial charge in [-0.3, -0.25) is 0 Å². The molecule has 0 aliphatic heterocycles. The van der Waals surface area contributed by atoms with Gasteiger partial charge in [-0.2, -0.15) is 10.1 Å². The number of aryl methyl sites for hydroxylation is 2. The fraction of sp³-hybridized carbons (Fsp3) is 0.267. The maximum atomic E-state index is 15.1. The highest BCUT2D eigenvalue weighted by Gasteiger charge is 2.22. The number of esters is 1. The third kappa shape index (κ3) is 6.27. The number of nitrogens with zero attached hydrogens (tertiary/aromatic N) is 3. The van der Waals surface area contributed by atoms with Crippen molar-refractivity contribution in [3.63, 3.8) is 0 Å².